The number of hydrogen-bond acceptors (Lipinski definition) is 7. The normalized spacial score (nSPS) is 11.3. The van der Waals surface area contributed by atoms with Crippen LogP contribution in [0.15, 0.2) is 72.8 Å². The van der Waals surface area contributed by atoms with Gasteiger partial charge in [0, 0.05) is 50.8 Å². The molecule has 0 aliphatic carbocycles. The van der Waals surface area contributed by atoms with Crippen LogP contribution in [-0.4, -0.2) is 86.9 Å². The average molecular weight is 626 g/mol. The summed E-state index contributed by atoms with van der Waals surface area (Å²) >= 11 is 0. The van der Waals surface area contributed by atoms with E-state index in [1.807, 2.05) is 98.7 Å². The number of aromatic nitrogens is 2. The van der Waals surface area contributed by atoms with Crippen LogP contribution in [0, 0.1) is 6.92 Å². The average Bonchev–Trinajstić information content (AvgIpc) is 3.36. The van der Waals surface area contributed by atoms with Crippen molar-refractivity contribution in [2.24, 2.45) is 0 Å². The first-order valence-corrected chi connectivity index (χ1v) is 15.1. The molecule has 1 aromatic heterocycles. The number of methoxy groups -OCH3 is 2. The second-order valence-electron chi connectivity index (χ2n) is 11.3. The Bertz CT molecular complexity index is 1640. The maximum Gasteiger partial charge on any atom is 0.253 e. The standard InChI is InChI=1S/C36H43N5O5/c1-25-32(17-18-34(42)37-19-20-39(2)3)36(41(38-25)28-11-9-8-10-12-28)46-29-15-13-27(14-16-29)33(35(43)40(4)5)23-26-21-30(44-6)24-31(22-26)45-7/h8-16,21-24H,17-20H2,1-7H3,(H,37,42). The van der Waals surface area contributed by atoms with Crippen LogP contribution < -0.4 is 19.5 Å². The zero-order valence-electron chi connectivity index (χ0n) is 27.7. The Morgan fingerprint density at radius 2 is 1.54 bits per heavy atom. The molecule has 0 saturated carbocycles. The highest BCUT2D eigenvalue weighted by Gasteiger charge is 2.21. The van der Waals surface area contributed by atoms with Gasteiger partial charge >= 0.3 is 0 Å². The van der Waals surface area contributed by atoms with Gasteiger partial charge < -0.3 is 29.3 Å². The number of benzene rings is 3. The van der Waals surface area contributed by atoms with Crippen molar-refractivity contribution in [1.82, 2.24) is 24.9 Å². The lowest BCUT2D eigenvalue weighted by atomic mass is 10.0. The van der Waals surface area contributed by atoms with Gasteiger partial charge in [-0.1, -0.05) is 30.3 Å². The largest absolute Gasteiger partial charge is 0.497 e. The van der Waals surface area contributed by atoms with Crippen molar-refractivity contribution >= 4 is 23.5 Å². The van der Waals surface area contributed by atoms with Crippen LogP contribution in [0.4, 0.5) is 0 Å². The second kappa shape index (κ2) is 15.8. The Balaban J connectivity index is 1.65. The first-order chi connectivity index (χ1) is 22.1. The van der Waals surface area contributed by atoms with Crippen molar-refractivity contribution in [2.45, 2.75) is 19.8 Å². The minimum atomic E-state index is -0.153. The van der Waals surface area contributed by atoms with E-state index in [-0.39, 0.29) is 11.8 Å². The SMILES string of the molecule is COc1cc(C=C(C(=O)N(C)C)c2ccc(Oc3c(CCC(=O)NCCN(C)C)c(C)nn3-c3ccccc3)cc2)cc(OC)c1. The van der Waals surface area contributed by atoms with Crippen molar-refractivity contribution in [3.05, 3.63) is 95.2 Å². The molecule has 1 N–H and O–H groups in total. The number of amides is 2. The number of aryl methyl sites for hydroxylation is 1. The van der Waals surface area contributed by atoms with Crippen molar-refractivity contribution in [3.8, 4) is 28.8 Å². The van der Waals surface area contributed by atoms with E-state index in [2.05, 4.69) is 5.32 Å². The van der Waals surface area contributed by atoms with Crippen LogP contribution in [-0.2, 0) is 16.0 Å². The molecular weight excluding hydrogens is 582 g/mol. The van der Waals surface area contributed by atoms with Gasteiger partial charge in [0.25, 0.3) is 5.91 Å². The molecule has 10 nitrogen and oxygen atoms in total. The molecule has 2 amide bonds. The van der Waals surface area contributed by atoms with Crippen molar-refractivity contribution in [3.63, 3.8) is 0 Å². The summed E-state index contributed by atoms with van der Waals surface area (Å²) in [5.41, 5.74) is 4.46. The van der Waals surface area contributed by atoms with E-state index in [1.54, 1.807) is 39.1 Å². The van der Waals surface area contributed by atoms with E-state index < -0.39 is 0 Å². The van der Waals surface area contributed by atoms with E-state index >= 15 is 0 Å². The summed E-state index contributed by atoms with van der Waals surface area (Å²) in [6, 6.07) is 22.6. The second-order valence-corrected chi connectivity index (χ2v) is 11.3. The van der Waals surface area contributed by atoms with E-state index in [1.165, 1.54) is 4.90 Å². The molecule has 0 bridgehead atoms. The zero-order chi connectivity index (χ0) is 33.2. The third-order valence-electron chi connectivity index (χ3n) is 7.32. The smallest absolute Gasteiger partial charge is 0.253 e. The maximum absolute atomic E-state index is 13.3. The Morgan fingerprint density at radius 3 is 2.13 bits per heavy atom. The molecule has 0 unspecified atom stereocenters. The molecule has 0 fully saturated rings. The highest BCUT2D eigenvalue weighted by molar-refractivity contribution is 6.24. The number of likely N-dealkylation sites (N-methyl/N-ethyl adjacent to an activating group) is 2. The molecule has 0 spiro atoms. The summed E-state index contributed by atoms with van der Waals surface area (Å²) in [5.74, 6) is 2.18. The molecule has 1 heterocycles. The molecule has 10 heteroatoms. The predicted octanol–water partition coefficient (Wildman–Crippen LogP) is 5.23. The summed E-state index contributed by atoms with van der Waals surface area (Å²) in [6.45, 7) is 3.28. The minimum Gasteiger partial charge on any atom is -0.497 e. The molecule has 4 rings (SSSR count). The highest BCUT2D eigenvalue weighted by atomic mass is 16.5. The van der Waals surface area contributed by atoms with Gasteiger partial charge in [-0.05, 0) is 81.0 Å². The molecule has 3 aromatic carbocycles. The van der Waals surface area contributed by atoms with Crippen molar-refractivity contribution in [2.75, 3.05) is 55.5 Å². The topological polar surface area (TPSA) is 98.2 Å². The van der Waals surface area contributed by atoms with Gasteiger partial charge in [0.05, 0.1) is 25.6 Å². The number of carbonyl (C=O) groups excluding carboxylic acids is 2. The fraction of sp³-hybridized carbons (Fsp3) is 0.306. The number of para-hydroxylation sites is 1. The van der Waals surface area contributed by atoms with Crippen LogP contribution in [0.2, 0.25) is 0 Å². The molecule has 0 aliphatic rings. The maximum atomic E-state index is 13.3. The summed E-state index contributed by atoms with van der Waals surface area (Å²) in [5, 5.41) is 7.75. The molecular formula is C36H43N5O5. The number of carbonyl (C=O) groups is 2. The number of ether oxygens (including phenoxy) is 3. The Kier molecular flexibility index (Phi) is 11.6. The first-order valence-electron chi connectivity index (χ1n) is 15.1. The van der Waals surface area contributed by atoms with E-state index in [0.717, 1.165) is 34.6 Å². The quantitative estimate of drug-likeness (QED) is 0.151. The summed E-state index contributed by atoms with van der Waals surface area (Å²) < 4.78 is 19.1. The van der Waals surface area contributed by atoms with Gasteiger partial charge in [-0.15, -0.1) is 0 Å². The van der Waals surface area contributed by atoms with Crippen LogP contribution >= 0.6 is 0 Å². The monoisotopic (exact) mass is 625 g/mol. The molecule has 0 radical (unpaired) electrons. The number of rotatable bonds is 14. The first kappa shape index (κ1) is 33.8. The van der Waals surface area contributed by atoms with Gasteiger partial charge in [-0.25, -0.2) is 4.68 Å². The highest BCUT2D eigenvalue weighted by Crippen LogP contribution is 2.33. The molecule has 0 atom stereocenters. The molecule has 242 valence electrons. The molecule has 0 saturated heterocycles. The van der Waals surface area contributed by atoms with Gasteiger partial charge in [0.2, 0.25) is 11.8 Å². The summed E-state index contributed by atoms with van der Waals surface area (Å²) in [4.78, 5) is 29.5. The van der Waals surface area contributed by atoms with E-state index in [0.29, 0.717) is 48.1 Å². The zero-order valence-corrected chi connectivity index (χ0v) is 27.7. The Morgan fingerprint density at radius 1 is 0.891 bits per heavy atom. The van der Waals surface area contributed by atoms with E-state index in [9.17, 15) is 9.59 Å². The lowest BCUT2D eigenvalue weighted by molar-refractivity contribution is -0.122. The number of nitrogens with one attached hydrogen (secondary N) is 1. The fourth-order valence-corrected chi connectivity index (χ4v) is 4.82. The summed E-state index contributed by atoms with van der Waals surface area (Å²) in [7, 11) is 10.6. The van der Waals surface area contributed by atoms with Crippen molar-refractivity contribution in [1.29, 1.82) is 0 Å². The Hall–Kier alpha value is -5.09. The lowest BCUT2D eigenvalue weighted by Crippen LogP contribution is -2.31. The van der Waals surface area contributed by atoms with Crippen LogP contribution in [0.5, 0.6) is 23.1 Å². The van der Waals surface area contributed by atoms with Crippen LogP contribution in [0.3, 0.4) is 0 Å². The van der Waals surface area contributed by atoms with Gasteiger partial charge in [0.15, 0.2) is 0 Å². The van der Waals surface area contributed by atoms with Gasteiger partial charge in [-0.3, -0.25) is 9.59 Å². The number of nitrogens with zero attached hydrogens (tertiary/aromatic N) is 4. The van der Waals surface area contributed by atoms with Crippen LogP contribution in [0.25, 0.3) is 17.3 Å². The third-order valence-corrected chi connectivity index (χ3v) is 7.32. The minimum absolute atomic E-state index is 0.0254. The van der Waals surface area contributed by atoms with Gasteiger partial charge in [-0.2, -0.15) is 5.10 Å². The van der Waals surface area contributed by atoms with Crippen molar-refractivity contribution < 1.29 is 23.8 Å². The Labute approximate surface area is 271 Å². The molecule has 4 aromatic rings. The summed E-state index contributed by atoms with van der Waals surface area (Å²) in [6.07, 6.45) is 2.59. The van der Waals surface area contributed by atoms with Gasteiger partial charge in [0.1, 0.15) is 17.2 Å². The molecule has 46 heavy (non-hydrogen) atoms. The number of hydrogen-bond donors (Lipinski definition) is 1. The third kappa shape index (κ3) is 8.76. The predicted molar refractivity (Wildman–Crippen MR) is 181 cm³/mol. The molecule has 0 aliphatic heterocycles. The van der Waals surface area contributed by atoms with E-state index in [4.69, 9.17) is 19.3 Å². The lowest BCUT2D eigenvalue weighted by Gasteiger charge is -2.16. The van der Waals surface area contributed by atoms with Crippen LogP contribution in [0.1, 0.15) is 28.8 Å². The fourth-order valence-electron chi connectivity index (χ4n) is 4.82.